The van der Waals surface area contributed by atoms with Crippen LogP contribution >= 0.6 is 0 Å². The standard InChI is InChI=1S/C11H16N2/c1-8(12)9-4-5-11-10(7-9)3-2-6-13-11/h4-5,7-8,13H,2-3,6,12H2,1H3/t8-/m1/s1. The van der Waals surface area contributed by atoms with Crippen LogP contribution in [-0.4, -0.2) is 6.54 Å². The van der Waals surface area contributed by atoms with E-state index in [1.54, 1.807) is 0 Å². The predicted octanol–water partition coefficient (Wildman–Crippen LogP) is 2.06. The largest absolute Gasteiger partial charge is 0.385 e. The van der Waals surface area contributed by atoms with Crippen molar-refractivity contribution in [2.24, 2.45) is 5.73 Å². The first kappa shape index (κ1) is 8.57. The topological polar surface area (TPSA) is 38.0 Å². The monoisotopic (exact) mass is 176 g/mol. The van der Waals surface area contributed by atoms with E-state index in [2.05, 4.69) is 23.5 Å². The van der Waals surface area contributed by atoms with Crippen LogP contribution in [0.15, 0.2) is 18.2 Å². The number of nitrogens with one attached hydrogen (secondary N) is 1. The molecule has 0 amide bonds. The van der Waals surface area contributed by atoms with Gasteiger partial charge in [-0.15, -0.1) is 0 Å². The van der Waals surface area contributed by atoms with E-state index < -0.39 is 0 Å². The predicted molar refractivity (Wildman–Crippen MR) is 55.9 cm³/mol. The van der Waals surface area contributed by atoms with Crippen LogP contribution in [0.1, 0.15) is 30.5 Å². The van der Waals surface area contributed by atoms with Crippen LogP contribution in [0.2, 0.25) is 0 Å². The number of hydrogen-bond acceptors (Lipinski definition) is 2. The second kappa shape index (κ2) is 3.38. The molecule has 0 unspecified atom stereocenters. The van der Waals surface area contributed by atoms with Gasteiger partial charge in [0.15, 0.2) is 0 Å². The molecule has 70 valence electrons. The van der Waals surface area contributed by atoms with Gasteiger partial charge in [-0.25, -0.2) is 0 Å². The summed E-state index contributed by atoms with van der Waals surface area (Å²) in [4.78, 5) is 0. The van der Waals surface area contributed by atoms with Crippen LogP contribution in [0, 0.1) is 0 Å². The lowest BCUT2D eigenvalue weighted by atomic mass is 9.98. The highest BCUT2D eigenvalue weighted by Crippen LogP contribution is 2.24. The third kappa shape index (κ3) is 1.68. The second-order valence-electron chi connectivity index (χ2n) is 3.74. The zero-order valence-corrected chi connectivity index (χ0v) is 8.01. The molecule has 0 radical (unpaired) electrons. The summed E-state index contributed by atoms with van der Waals surface area (Å²) < 4.78 is 0. The number of fused-ring (bicyclic) bond motifs is 1. The Kier molecular flexibility index (Phi) is 2.23. The molecular weight excluding hydrogens is 160 g/mol. The molecular formula is C11H16N2. The van der Waals surface area contributed by atoms with Crippen LogP contribution < -0.4 is 11.1 Å². The number of benzene rings is 1. The molecule has 2 nitrogen and oxygen atoms in total. The molecule has 13 heavy (non-hydrogen) atoms. The summed E-state index contributed by atoms with van der Waals surface area (Å²) in [6, 6.07) is 6.63. The Balaban J connectivity index is 2.35. The van der Waals surface area contributed by atoms with Crippen molar-refractivity contribution in [1.82, 2.24) is 0 Å². The van der Waals surface area contributed by atoms with Crippen molar-refractivity contribution in [3.05, 3.63) is 29.3 Å². The summed E-state index contributed by atoms with van der Waals surface area (Å²) >= 11 is 0. The molecule has 0 aromatic heterocycles. The molecule has 1 atom stereocenters. The molecule has 0 bridgehead atoms. The van der Waals surface area contributed by atoms with Crippen LogP contribution in [0.25, 0.3) is 0 Å². The summed E-state index contributed by atoms with van der Waals surface area (Å²) in [7, 11) is 0. The van der Waals surface area contributed by atoms with Gasteiger partial charge >= 0.3 is 0 Å². The zero-order chi connectivity index (χ0) is 9.26. The minimum absolute atomic E-state index is 0.146. The van der Waals surface area contributed by atoms with Crippen molar-refractivity contribution < 1.29 is 0 Å². The fourth-order valence-electron chi connectivity index (χ4n) is 1.78. The van der Waals surface area contributed by atoms with E-state index in [1.807, 2.05) is 6.92 Å². The Morgan fingerprint density at radius 1 is 1.46 bits per heavy atom. The van der Waals surface area contributed by atoms with Gasteiger partial charge in [-0.3, -0.25) is 0 Å². The summed E-state index contributed by atoms with van der Waals surface area (Å²) in [5.41, 5.74) is 9.77. The number of aryl methyl sites for hydroxylation is 1. The van der Waals surface area contributed by atoms with Gasteiger partial charge in [-0.1, -0.05) is 12.1 Å². The lowest BCUT2D eigenvalue weighted by molar-refractivity contribution is 0.796. The molecule has 1 aromatic rings. The summed E-state index contributed by atoms with van der Waals surface area (Å²) in [5.74, 6) is 0. The molecule has 1 heterocycles. The van der Waals surface area contributed by atoms with Crippen molar-refractivity contribution in [2.75, 3.05) is 11.9 Å². The summed E-state index contributed by atoms with van der Waals surface area (Å²) in [6.07, 6.45) is 2.41. The summed E-state index contributed by atoms with van der Waals surface area (Å²) in [5, 5.41) is 3.39. The minimum Gasteiger partial charge on any atom is -0.385 e. The molecule has 2 rings (SSSR count). The molecule has 1 aromatic carbocycles. The van der Waals surface area contributed by atoms with Crippen LogP contribution in [0.4, 0.5) is 5.69 Å². The molecule has 3 N–H and O–H groups in total. The number of nitrogens with two attached hydrogens (primary N) is 1. The molecule has 0 aliphatic carbocycles. The average Bonchev–Trinajstić information content (AvgIpc) is 2.17. The fraction of sp³-hybridized carbons (Fsp3) is 0.455. The highest BCUT2D eigenvalue weighted by atomic mass is 14.9. The van der Waals surface area contributed by atoms with E-state index in [4.69, 9.17) is 5.73 Å². The Labute approximate surface area is 79.1 Å². The quantitative estimate of drug-likeness (QED) is 0.687. The van der Waals surface area contributed by atoms with Gasteiger partial charge in [0, 0.05) is 18.3 Å². The first-order chi connectivity index (χ1) is 6.27. The Morgan fingerprint density at radius 2 is 2.31 bits per heavy atom. The average molecular weight is 176 g/mol. The molecule has 1 aliphatic rings. The van der Waals surface area contributed by atoms with Crippen LogP contribution in [0.3, 0.4) is 0 Å². The maximum Gasteiger partial charge on any atom is 0.0372 e. The van der Waals surface area contributed by atoms with E-state index in [9.17, 15) is 0 Å². The lowest BCUT2D eigenvalue weighted by Crippen LogP contribution is -2.13. The van der Waals surface area contributed by atoms with E-state index in [0.29, 0.717) is 0 Å². The first-order valence-corrected chi connectivity index (χ1v) is 4.89. The lowest BCUT2D eigenvalue weighted by Gasteiger charge is -2.19. The number of rotatable bonds is 1. The molecule has 0 spiro atoms. The SMILES string of the molecule is C[C@@H](N)c1ccc2c(c1)CCCN2. The smallest absolute Gasteiger partial charge is 0.0372 e. The summed E-state index contributed by atoms with van der Waals surface area (Å²) in [6.45, 7) is 3.13. The van der Waals surface area contributed by atoms with Crippen molar-refractivity contribution >= 4 is 5.69 Å². The van der Waals surface area contributed by atoms with Gasteiger partial charge in [0.1, 0.15) is 0 Å². The maximum absolute atomic E-state index is 5.83. The van der Waals surface area contributed by atoms with Crippen molar-refractivity contribution in [1.29, 1.82) is 0 Å². The Hall–Kier alpha value is -1.02. The van der Waals surface area contributed by atoms with E-state index in [1.165, 1.54) is 29.7 Å². The zero-order valence-electron chi connectivity index (χ0n) is 8.01. The van der Waals surface area contributed by atoms with Gasteiger partial charge in [-0.05, 0) is 37.0 Å². The molecule has 1 aliphatic heterocycles. The van der Waals surface area contributed by atoms with Gasteiger partial charge in [-0.2, -0.15) is 0 Å². The molecule has 0 saturated heterocycles. The van der Waals surface area contributed by atoms with E-state index in [0.717, 1.165) is 6.54 Å². The van der Waals surface area contributed by atoms with Crippen molar-refractivity contribution in [3.8, 4) is 0 Å². The molecule has 0 fully saturated rings. The highest BCUT2D eigenvalue weighted by molar-refractivity contribution is 5.54. The highest BCUT2D eigenvalue weighted by Gasteiger charge is 2.09. The van der Waals surface area contributed by atoms with Gasteiger partial charge in [0.25, 0.3) is 0 Å². The fourth-order valence-corrected chi connectivity index (χ4v) is 1.78. The Morgan fingerprint density at radius 3 is 3.08 bits per heavy atom. The van der Waals surface area contributed by atoms with E-state index in [-0.39, 0.29) is 6.04 Å². The van der Waals surface area contributed by atoms with Crippen molar-refractivity contribution in [2.45, 2.75) is 25.8 Å². The number of hydrogen-bond donors (Lipinski definition) is 2. The van der Waals surface area contributed by atoms with Gasteiger partial charge in [0.2, 0.25) is 0 Å². The second-order valence-corrected chi connectivity index (χ2v) is 3.74. The maximum atomic E-state index is 5.83. The molecule has 2 heteroatoms. The normalized spacial score (nSPS) is 17.4. The van der Waals surface area contributed by atoms with Crippen LogP contribution in [-0.2, 0) is 6.42 Å². The van der Waals surface area contributed by atoms with Crippen molar-refractivity contribution in [3.63, 3.8) is 0 Å². The number of anilines is 1. The molecule has 0 saturated carbocycles. The van der Waals surface area contributed by atoms with Crippen LogP contribution in [0.5, 0.6) is 0 Å². The third-order valence-corrected chi connectivity index (χ3v) is 2.59. The minimum atomic E-state index is 0.146. The van der Waals surface area contributed by atoms with E-state index >= 15 is 0 Å². The van der Waals surface area contributed by atoms with Gasteiger partial charge < -0.3 is 11.1 Å². The third-order valence-electron chi connectivity index (χ3n) is 2.59. The Bertz CT molecular complexity index is 305. The van der Waals surface area contributed by atoms with Gasteiger partial charge in [0.05, 0.1) is 0 Å². The first-order valence-electron chi connectivity index (χ1n) is 4.89.